The van der Waals surface area contributed by atoms with Crippen molar-refractivity contribution in [2.24, 2.45) is 0 Å². The fourth-order valence-corrected chi connectivity index (χ4v) is 2.04. The van der Waals surface area contributed by atoms with Crippen molar-refractivity contribution in [2.45, 2.75) is 19.4 Å². The number of aromatic nitrogens is 1. The van der Waals surface area contributed by atoms with Gasteiger partial charge in [-0.25, -0.2) is 0 Å². The summed E-state index contributed by atoms with van der Waals surface area (Å²) in [6, 6.07) is 9.57. The second kappa shape index (κ2) is 5.60. The van der Waals surface area contributed by atoms with Crippen molar-refractivity contribution in [3.8, 4) is 0 Å². The van der Waals surface area contributed by atoms with Gasteiger partial charge in [-0.1, -0.05) is 19.1 Å². The van der Waals surface area contributed by atoms with Crippen molar-refractivity contribution in [3.05, 3.63) is 42.1 Å². The Morgan fingerprint density at radius 2 is 2.28 bits per heavy atom. The third-order valence-electron chi connectivity index (χ3n) is 2.86. The lowest BCUT2D eigenvalue weighted by Gasteiger charge is -2.16. The average Bonchev–Trinajstić information content (AvgIpc) is 2.37. The number of carboxylic acids is 1. The molecule has 0 bridgehead atoms. The van der Waals surface area contributed by atoms with Gasteiger partial charge in [0.1, 0.15) is 0 Å². The molecule has 1 atom stereocenters. The summed E-state index contributed by atoms with van der Waals surface area (Å²) in [7, 11) is 0. The molecule has 1 aromatic carbocycles. The first kappa shape index (κ1) is 12.5. The number of rotatable bonds is 5. The van der Waals surface area contributed by atoms with Gasteiger partial charge in [0.15, 0.2) is 0 Å². The van der Waals surface area contributed by atoms with E-state index in [-0.39, 0.29) is 12.5 Å². The molecule has 1 unspecified atom stereocenters. The SMILES string of the molecule is CCNC(CC(=O)O)c1ccc2ncccc2c1. The van der Waals surface area contributed by atoms with Crippen LogP contribution in [0.2, 0.25) is 0 Å². The Morgan fingerprint density at radius 3 is 3.00 bits per heavy atom. The van der Waals surface area contributed by atoms with Gasteiger partial charge in [-0.3, -0.25) is 9.78 Å². The van der Waals surface area contributed by atoms with Crippen LogP contribution in [0.5, 0.6) is 0 Å². The molecule has 0 spiro atoms. The zero-order chi connectivity index (χ0) is 13.0. The molecule has 2 rings (SSSR count). The Kier molecular flexibility index (Phi) is 3.89. The summed E-state index contributed by atoms with van der Waals surface area (Å²) in [6.07, 6.45) is 1.83. The molecule has 0 fully saturated rings. The number of benzene rings is 1. The third kappa shape index (κ3) is 2.84. The van der Waals surface area contributed by atoms with Gasteiger partial charge in [-0.2, -0.15) is 0 Å². The fourth-order valence-electron chi connectivity index (χ4n) is 2.04. The van der Waals surface area contributed by atoms with Crippen LogP contribution < -0.4 is 5.32 Å². The molecule has 0 saturated carbocycles. The number of nitrogens with zero attached hydrogens (tertiary/aromatic N) is 1. The summed E-state index contributed by atoms with van der Waals surface area (Å²) in [4.78, 5) is 15.1. The van der Waals surface area contributed by atoms with E-state index in [4.69, 9.17) is 5.11 Å². The predicted octanol–water partition coefficient (Wildman–Crippen LogP) is 2.36. The molecule has 4 nitrogen and oxygen atoms in total. The van der Waals surface area contributed by atoms with Gasteiger partial charge in [0, 0.05) is 17.6 Å². The van der Waals surface area contributed by atoms with E-state index in [1.165, 1.54) is 0 Å². The Balaban J connectivity index is 2.34. The molecule has 18 heavy (non-hydrogen) atoms. The van der Waals surface area contributed by atoms with Gasteiger partial charge in [0.05, 0.1) is 11.9 Å². The number of carbonyl (C=O) groups is 1. The predicted molar refractivity (Wildman–Crippen MR) is 70.4 cm³/mol. The first-order chi connectivity index (χ1) is 8.70. The molecule has 4 heteroatoms. The maximum Gasteiger partial charge on any atom is 0.305 e. The Hall–Kier alpha value is -1.94. The quantitative estimate of drug-likeness (QED) is 0.847. The van der Waals surface area contributed by atoms with Gasteiger partial charge >= 0.3 is 5.97 Å². The molecular formula is C14H16N2O2. The van der Waals surface area contributed by atoms with E-state index in [0.717, 1.165) is 23.0 Å². The zero-order valence-electron chi connectivity index (χ0n) is 10.3. The van der Waals surface area contributed by atoms with Crippen LogP contribution in [0, 0.1) is 0 Å². The van der Waals surface area contributed by atoms with Gasteiger partial charge in [0.2, 0.25) is 0 Å². The minimum atomic E-state index is -0.799. The normalized spacial score (nSPS) is 12.5. The van der Waals surface area contributed by atoms with Crippen molar-refractivity contribution in [1.82, 2.24) is 10.3 Å². The maximum atomic E-state index is 10.9. The van der Waals surface area contributed by atoms with Crippen LogP contribution in [-0.4, -0.2) is 22.6 Å². The Labute approximate surface area is 106 Å². The molecule has 2 N–H and O–H groups in total. The number of nitrogens with one attached hydrogen (secondary N) is 1. The van der Waals surface area contributed by atoms with Crippen LogP contribution in [0.25, 0.3) is 10.9 Å². The van der Waals surface area contributed by atoms with Crippen molar-refractivity contribution in [2.75, 3.05) is 6.54 Å². The van der Waals surface area contributed by atoms with Crippen molar-refractivity contribution in [3.63, 3.8) is 0 Å². The van der Waals surface area contributed by atoms with Gasteiger partial charge in [-0.05, 0) is 30.3 Å². The summed E-state index contributed by atoms with van der Waals surface area (Å²) in [5.41, 5.74) is 1.91. The molecule has 0 aliphatic heterocycles. The maximum absolute atomic E-state index is 10.9. The zero-order valence-corrected chi connectivity index (χ0v) is 10.3. The van der Waals surface area contributed by atoms with E-state index in [0.29, 0.717) is 0 Å². The molecule has 1 heterocycles. The summed E-state index contributed by atoms with van der Waals surface area (Å²) in [6.45, 7) is 2.71. The lowest BCUT2D eigenvalue weighted by molar-refractivity contribution is -0.137. The second-order valence-electron chi connectivity index (χ2n) is 4.16. The monoisotopic (exact) mass is 244 g/mol. The number of pyridine rings is 1. The molecular weight excluding hydrogens is 228 g/mol. The molecule has 1 aromatic heterocycles. The Bertz CT molecular complexity index is 554. The summed E-state index contributed by atoms with van der Waals surface area (Å²) < 4.78 is 0. The van der Waals surface area contributed by atoms with Gasteiger partial charge in [0.25, 0.3) is 0 Å². The first-order valence-electron chi connectivity index (χ1n) is 6.00. The summed E-state index contributed by atoms with van der Waals surface area (Å²) in [5.74, 6) is -0.799. The van der Waals surface area contributed by atoms with Crippen LogP contribution >= 0.6 is 0 Å². The smallest absolute Gasteiger partial charge is 0.305 e. The topological polar surface area (TPSA) is 62.2 Å². The van der Waals surface area contributed by atoms with Gasteiger partial charge in [-0.15, -0.1) is 0 Å². The van der Waals surface area contributed by atoms with Crippen molar-refractivity contribution >= 4 is 16.9 Å². The summed E-state index contributed by atoms with van der Waals surface area (Å²) in [5, 5.41) is 13.2. The van der Waals surface area contributed by atoms with E-state index < -0.39 is 5.97 Å². The molecule has 0 aliphatic carbocycles. The highest BCUT2D eigenvalue weighted by Gasteiger charge is 2.14. The van der Waals surface area contributed by atoms with E-state index in [1.807, 2.05) is 37.3 Å². The lowest BCUT2D eigenvalue weighted by atomic mass is 10.0. The molecule has 2 aromatic rings. The van der Waals surface area contributed by atoms with Gasteiger partial charge < -0.3 is 10.4 Å². The molecule has 0 saturated heterocycles. The van der Waals surface area contributed by atoms with Crippen LogP contribution in [0.4, 0.5) is 0 Å². The van der Waals surface area contributed by atoms with E-state index in [9.17, 15) is 4.79 Å². The van der Waals surface area contributed by atoms with E-state index in [1.54, 1.807) is 6.20 Å². The largest absolute Gasteiger partial charge is 0.481 e. The lowest BCUT2D eigenvalue weighted by Crippen LogP contribution is -2.23. The Morgan fingerprint density at radius 1 is 1.44 bits per heavy atom. The highest BCUT2D eigenvalue weighted by Crippen LogP contribution is 2.21. The van der Waals surface area contributed by atoms with E-state index >= 15 is 0 Å². The minimum absolute atomic E-state index is 0.0829. The average molecular weight is 244 g/mol. The molecule has 0 amide bonds. The minimum Gasteiger partial charge on any atom is -0.481 e. The fraction of sp³-hybridized carbons (Fsp3) is 0.286. The number of fused-ring (bicyclic) bond motifs is 1. The van der Waals surface area contributed by atoms with E-state index in [2.05, 4.69) is 10.3 Å². The van der Waals surface area contributed by atoms with Crippen LogP contribution in [-0.2, 0) is 4.79 Å². The van der Waals surface area contributed by atoms with Crippen LogP contribution in [0.3, 0.4) is 0 Å². The summed E-state index contributed by atoms with van der Waals surface area (Å²) >= 11 is 0. The number of hydrogen-bond donors (Lipinski definition) is 2. The standard InChI is InChI=1S/C14H16N2O2/c1-2-15-13(9-14(17)18)11-5-6-12-10(8-11)4-3-7-16-12/h3-8,13,15H,2,9H2,1H3,(H,17,18). The second-order valence-corrected chi connectivity index (χ2v) is 4.16. The highest BCUT2D eigenvalue weighted by molar-refractivity contribution is 5.79. The first-order valence-corrected chi connectivity index (χ1v) is 6.00. The van der Waals surface area contributed by atoms with Crippen LogP contribution in [0.15, 0.2) is 36.5 Å². The third-order valence-corrected chi connectivity index (χ3v) is 2.86. The molecule has 0 aliphatic rings. The highest BCUT2D eigenvalue weighted by atomic mass is 16.4. The molecule has 0 radical (unpaired) electrons. The van der Waals surface area contributed by atoms with Crippen LogP contribution in [0.1, 0.15) is 24.9 Å². The number of aliphatic carboxylic acids is 1. The van der Waals surface area contributed by atoms with Crippen molar-refractivity contribution in [1.29, 1.82) is 0 Å². The molecule has 94 valence electrons. The number of hydrogen-bond acceptors (Lipinski definition) is 3. The van der Waals surface area contributed by atoms with Crippen molar-refractivity contribution < 1.29 is 9.90 Å². The number of carboxylic acid groups (broad SMARTS) is 1.